The number of rotatable bonds is 2. The van der Waals surface area contributed by atoms with E-state index in [1.807, 2.05) is 35.5 Å². The Morgan fingerprint density at radius 3 is 2.33 bits per heavy atom. The third-order valence-corrected chi connectivity index (χ3v) is 3.66. The number of hydrogen-bond acceptors (Lipinski definition) is 2. The van der Waals surface area contributed by atoms with Gasteiger partial charge in [-0.05, 0) is 18.7 Å². The first-order valence-corrected chi connectivity index (χ1v) is 5.64. The van der Waals surface area contributed by atoms with E-state index in [9.17, 15) is 9.59 Å². The average molecular weight is 209 g/mol. The van der Waals surface area contributed by atoms with Gasteiger partial charge in [0.25, 0.3) is 0 Å². The second-order valence-corrected chi connectivity index (χ2v) is 5.32. The number of carbonyl (C=O) groups is 2. The number of amides is 1. The van der Waals surface area contributed by atoms with Gasteiger partial charge in [-0.2, -0.15) is 0 Å². The van der Waals surface area contributed by atoms with Crippen LogP contribution in [0.1, 0.15) is 34.1 Å². The second kappa shape index (κ2) is 3.99. The van der Waals surface area contributed by atoms with Crippen molar-refractivity contribution < 1.29 is 9.59 Å². The molecule has 0 bridgehead atoms. The van der Waals surface area contributed by atoms with Crippen LogP contribution in [0, 0.1) is 11.8 Å². The van der Waals surface area contributed by atoms with Crippen LogP contribution in [0.3, 0.4) is 0 Å². The van der Waals surface area contributed by atoms with Crippen LogP contribution in [0.15, 0.2) is 0 Å². The number of carbonyl (C=O) groups excluding carboxylic acids is 2. The molecule has 0 saturated carbocycles. The summed E-state index contributed by atoms with van der Waals surface area (Å²) in [4.78, 5) is 23.8. The summed E-state index contributed by atoms with van der Waals surface area (Å²) in [6.07, 6.45) is 0.387. The Kier molecular flexibility index (Phi) is 3.26. The minimum atomic E-state index is -0.664. The van der Waals surface area contributed by atoms with Gasteiger partial charge < -0.3 is 5.32 Å². The van der Waals surface area contributed by atoms with Gasteiger partial charge in [0.2, 0.25) is 5.91 Å². The van der Waals surface area contributed by atoms with E-state index in [-0.39, 0.29) is 29.3 Å². The molecule has 0 aromatic heterocycles. The number of hydrogen-bond donors (Lipinski definition) is 1. The molecule has 1 aliphatic rings. The van der Waals surface area contributed by atoms with Crippen LogP contribution in [-0.2, 0) is 9.59 Å². The Hall–Kier alpha value is -0.795. The molecule has 1 aliphatic heterocycles. The van der Waals surface area contributed by atoms with Crippen molar-refractivity contribution in [3.8, 4) is 0 Å². The van der Waals surface area contributed by atoms with Crippen molar-refractivity contribution in [1.29, 1.82) is 0 Å². The smallest absolute Gasteiger partial charge is 0.224 e. The molecular weight excluding hydrogens is 189 g/mol. The molecule has 0 aromatic carbocycles. The summed E-state index contributed by atoms with van der Waals surface area (Å²) in [7, 11) is 1.97. The highest BCUT2D eigenvalue weighted by Gasteiger charge is 2.45. The highest BCUT2D eigenvalue weighted by atomic mass is 16.2. The highest BCUT2D eigenvalue weighted by molar-refractivity contribution is 6.17. The van der Waals surface area contributed by atoms with Gasteiger partial charge in [-0.25, -0.2) is 0 Å². The predicted molar refractivity (Wildman–Crippen MR) is 62.5 cm³/mol. The van der Waals surface area contributed by atoms with Crippen LogP contribution >= 0.6 is 0 Å². The number of piperidine rings is 1. The van der Waals surface area contributed by atoms with Crippen LogP contribution in [0.25, 0.3) is 0 Å². The summed E-state index contributed by atoms with van der Waals surface area (Å²) in [5.41, 5.74) is -0.664. The van der Waals surface area contributed by atoms with Crippen LogP contribution < -0.4 is 5.32 Å². The van der Waals surface area contributed by atoms with Crippen LogP contribution in [-0.4, -0.2) is 25.1 Å². The zero-order valence-corrected chi connectivity index (χ0v) is 10.3. The summed E-state index contributed by atoms with van der Waals surface area (Å²) < 4.78 is 0. The monoisotopic (exact) mass is 209 g/mol. The van der Waals surface area contributed by atoms with Crippen molar-refractivity contribution in [3.05, 3.63) is 0 Å². The molecule has 1 heterocycles. The van der Waals surface area contributed by atoms with Crippen LogP contribution in [0.4, 0.5) is 0 Å². The molecule has 1 fully saturated rings. The zero-order chi connectivity index (χ0) is 11.8. The normalized spacial score (nSPS) is 34.1. The van der Waals surface area contributed by atoms with Gasteiger partial charge in [0.1, 0.15) is 7.85 Å². The Bertz CT molecular complexity index is 288. The lowest BCUT2D eigenvalue weighted by atomic mass is 9.66. The van der Waals surface area contributed by atoms with E-state index in [2.05, 4.69) is 5.32 Å². The van der Waals surface area contributed by atoms with Crippen molar-refractivity contribution in [3.63, 3.8) is 0 Å². The topological polar surface area (TPSA) is 46.2 Å². The van der Waals surface area contributed by atoms with Gasteiger partial charge >= 0.3 is 0 Å². The lowest BCUT2D eigenvalue weighted by Crippen LogP contribution is -2.61. The summed E-state index contributed by atoms with van der Waals surface area (Å²) in [5.74, 6) is 0.411. The van der Waals surface area contributed by atoms with E-state index in [4.69, 9.17) is 0 Å². The van der Waals surface area contributed by atoms with Crippen molar-refractivity contribution in [1.82, 2.24) is 5.32 Å². The number of nitrogens with one attached hydrogen (secondary N) is 1. The van der Waals surface area contributed by atoms with E-state index < -0.39 is 5.54 Å². The van der Waals surface area contributed by atoms with Gasteiger partial charge in [-0.15, -0.1) is 0 Å². The summed E-state index contributed by atoms with van der Waals surface area (Å²) in [5, 5.41) is 2.88. The molecule has 3 atom stereocenters. The molecular formula is C11H20BNO2. The molecule has 0 radical (unpaired) electrons. The molecule has 1 rings (SSSR count). The molecule has 3 unspecified atom stereocenters. The van der Waals surface area contributed by atoms with E-state index in [1.54, 1.807) is 0 Å². The van der Waals surface area contributed by atoms with E-state index in [1.165, 1.54) is 0 Å². The fraction of sp³-hybridized carbons (Fsp3) is 0.818. The Morgan fingerprint density at radius 2 is 1.93 bits per heavy atom. The molecule has 4 heteroatoms. The first kappa shape index (κ1) is 12.3. The fourth-order valence-electron chi connectivity index (χ4n) is 1.93. The first-order valence-electron chi connectivity index (χ1n) is 5.64. The van der Waals surface area contributed by atoms with Gasteiger partial charge in [-0.3, -0.25) is 9.59 Å². The summed E-state index contributed by atoms with van der Waals surface area (Å²) in [6.45, 7) is 7.76. The molecule has 0 aliphatic carbocycles. The zero-order valence-electron chi connectivity index (χ0n) is 10.3. The maximum Gasteiger partial charge on any atom is 0.224 e. The largest absolute Gasteiger partial charge is 0.344 e. The number of ketones is 1. The summed E-state index contributed by atoms with van der Waals surface area (Å²) >= 11 is 0. The molecule has 15 heavy (non-hydrogen) atoms. The molecule has 1 amide bonds. The van der Waals surface area contributed by atoms with Crippen LogP contribution in [0.5, 0.6) is 0 Å². The molecule has 1 saturated heterocycles. The number of Topliss-reactive ketones (excluding diaryl/α,β-unsaturated/α-hetero) is 1. The highest BCUT2D eigenvalue weighted by Crippen LogP contribution is 2.31. The van der Waals surface area contributed by atoms with E-state index in [0.29, 0.717) is 6.42 Å². The Balaban J connectivity index is 2.89. The SMILES string of the molecule is BC(C)C1(C)NC(=O)C(C(C)C)CC1=O. The van der Waals surface area contributed by atoms with Crippen LogP contribution in [0.2, 0.25) is 5.82 Å². The summed E-state index contributed by atoms with van der Waals surface area (Å²) in [6, 6.07) is 0. The molecule has 84 valence electrons. The third kappa shape index (κ3) is 2.08. The predicted octanol–water partition coefficient (Wildman–Crippen LogP) is 0.548. The maximum atomic E-state index is 12.0. The van der Waals surface area contributed by atoms with Crippen molar-refractivity contribution in [2.24, 2.45) is 11.8 Å². The Labute approximate surface area is 92.4 Å². The third-order valence-electron chi connectivity index (χ3n) is 3.66. The van der Waals surface area contributed by atoms with E-state index in [0.717, 1.165) is 0 Å². The standard InChI is InChI=1S/C11H20BNO2/c1-6(2)8-5-9(14)11(4,7(3)12)13-10(8)15/h6-8H,5,12H2,1-4H3,(H,13,15). The van der Waals surface area contributed by atoms with E-state index >= 15 is 0 Å². The minimum absolute atomic E-state index is 0.0285. The van der Waals surface area contributed by atoms with Crippen molar-refractivity contribution in [2.45, 2.75) is 45.5 Å². The fourth-order valence-corrected chi connectivity index (χ4v) is 1.93. The average Bonchev–Trinajstić information content (AvgIpc) is 2.10. The van der Waals surface area contributed by atoms with Gasteiger partial charge in [-0.1, -0.05) is 20.8 Å². The second-order valence-electron chi connectivity index (χ2n) is 5.32. The lowest BCUT2D eigenvalue weighted by Gasteiger charge is -2.40. The van der Waals surface area contributed by atoms with Gasteiger partial charge in [0.05, 0.1) is 5.54 Å². The van der Waals surface area contributed by atoms with Gasteiger partial charge in [0.15, 0.2) is 5.78 Å². The van der Waals surface area contributed by atoms with Crippen molar-refractivity contribution >= 4 is 19.5 Å². The quantitative estimate of drug-likeness (QED) is 0.675. The van der Waals surface area contributed by atoms with Gasteiger partial charge in [0, 0.05) is 12.3 Å². The molecule has 1 N–H and O–H groups in total. The lowest BCUT2D eigenvalue weighted by molar-refractivity contribution is -0.142. The van der Waals surface area contributed by atoms with Crippen molar-refractivity contribution in [2.75, 3.05) is 0 Å². The minimum Gasteiger partial charge on any atom is -0.344 e. The first-order chi connectivity index (χ1) is 6.79. The molecule has 0 aromatic rings. The maximum absolute atomic E-state index is 12.0. The molecule has 3 nitrogen and oxygen atoms in total. The Morgan fingerprint density at radius 1 is 1.40 bits per heavy atom. The molecule has 0 spiro atoms.